The van der Waals surface area contributed by atoms with Gasteiger partial charge in [-0.3, -0.25) is 0 Å². The summed E-state index contributed by atoms with van der Waals surface area (Å²) in [6.07, 6.45) is 2.86. The number of nitrogens with zero attached hydrogens (tertiary/aromatic N) is 2. The summed E-state index contributed by atoms with van der Waals surface area (Å²) in [6.45, 7) is 7.99. The lowest BCUT2D eigenvalue weighted by molar-refractivity contribution is -0.469. The highest BCUT2D eigenvalue weighted by molar-refractivity contribution is 5.60. The van der Waals surface area contributed by atoms with Gasteiger partial charge in [-0.25, -0.2) is 0 Å². The standard InChI is InChI=1S/C20H26N2O2/c1-5-15-11-9-12-16(6-2)19(15)21(23)22(24)20-17(7-3)13-10-14-18(20)8-4/h9-14H,5-8H2,1-4H3. The summed E-state index contributed by atoms with van der Waals surface area (Å²) >= 11 is 0. The van der Waals surface area contributed by atoms with E-state index < -0.39 is 0 Å². The Morgan fingerprint density at radius 2 is 1.17 bits per heavy atom. The minimum atomic E-state index is 0.491. The highest BCUT2D eigenvalue weighted by atomic mass is 16.6. The van der Waals surface area contributed by atoms with Crippen molar-refractivity contribution < 1.29 is 4.87 Å². The predicted molar refractivity (Wildman–Crippen MR) is 99.5 cm³/mol. The van der Waals surface area contributed by atoms with Crippen LogP contribution in [0.4, 0.5) is 11.4 Å². The molecule has 2 aromatic carbocycles. The molecule has 0 aliphatic rings. The number of hydrogen-bond donors (Lipinski definition) is 0. The lowest BCUT2D eigenvalue weighted by Crippen LogP contribution is -2.27. The second kappa shape index (κ2) is 8.06. The smallest absolute Gasteiger partial charge is 0.297 e. The van der Waals surface area contributed by atoms with Crippen molar-refractivity contribution in [1.29, 1.82) is 0 Å². The number of benzene rings is 2. The van der Waals surface area contributed by atoms with E-state index in [9.17, 15) is 10.1 Å². The molecule has 0 saturated heterocycles. The van der Waals surface area contributed by atoms with Crippen molar-refractivity contribution in [1.82, 2.24) is 0 Å². The summed E-state index contributed by atoms with van der Waals surface area (Å²) in [5, 5.41) is 13.5. The molecule has 0 saturated carbocycles. The fraction of sp³-hybridized carbons (Fsp3) is 0.400. The molecular weight excluding hydrogens is 300 g/mol. The minimum absolute atomic E-state index is 0.491. The predicted octanol–water partition coefficient (Wildman–Crippen LogP) is 5.27. The largest absolute Gasteiger partial charge is 0.699 e. The van der Waals surface area contributed by atoms with Gasteiger partial charge in [-0.1, -0.05) is 64.1 Å². The molecule has 4 heteroatoms. The topological polar surface area (TPSA) is 46.4 Å². The van der Waals surface area contributed by atoms with Crippen LogP contribution in [-0.4, -0.2) is 4.87 Å². The van der Waals surface area contributed by atoms with E-state index in [1.165, 1.54) is 0 Å². The molecule has 2 rings (SSSR count). The first-order chi connectivity index (χ1) is 11.6. The van der Waals surface area contributed by atoms with Crippen molar-refractivity contribution in [2.75, 3.05) is 5.17 Å². The van der Waals surface area contributed by atoms with Gasteiger partial charge in [0.25, 0.3) is 5.69 Å². The first-order valence-electron chi connectivity index (χ1n) is 8.74. The van der Waals surface area contributed by atoms with Crippen molar-refractivity contribution in [3.05, 3.63) is 68.8 Å². The molecule has 0 unspecified atom stereocenters. The number of nitroso groups, excluding NO2 is 1. The van der Waals surface area contributed by atoms with Gasteiger partial charge < -0.3 is 5.21 Å². The van der Waals surface area contributed by atoms with E-state index in [2.05, 4.69) is 0 Å². The number of rotatable bonds is 7. The van der Waals surface area contributed by atoms with Crippen molar-refractivity contribution in [3.63, 3.8) is 0 Å². The molecular formula is C20H26N2O2. The van der Waals surface area contributed by atoms with Crippen molar-refractivity contribution >= 4 is 11.4 Å². The Balaban J connectivity index is 2.56. The molecule has 0 fully saturated rings. The van der Waals surface area contributed by atoms with E-state index in [1.54, 1.807) is 0 Å². The molecule has 0 aliphatic heterocycles. The first-order valence-corrected chi connectivity index (χ1v) is 8.74. The van der Waals surface area contributed by atoms with Crippen molar-refractivity contribution in [3.8, 4) is 0 Å². The second-order valence-electron chi connectivity index (χ2n) is 5.81. The summed E-state index contributed by atoms with van der Waals surface area (Å²) in [5.41, 5.74) is 4.58. The van der Waals surface area contributed by atoms with Crippen LogP contribution >= 0.6 is 0 Å². The molecule has 0 spiro atoms. The molecule has 0 amide bonds. The number of hydrazine groups is 1. The van der Waals surface area contributed by atoms with Gasteiger partial charge in [0, 0.05) is 11.1 Å². The van der Waals surface area contributed by atoms with E-state index in [0.717, 1.165) is 22.3 Å². The van der Waals surface area contributed by atoms with Crippen LogP contribution in [0.15, 0.2) is 36.4 Å². The Labute approximate surface area is 144 Å². The average molecular weight is 326 g/mol. The van der Waals surface area contributed by atoms with Gasteiger partial charge >= 0.3 is 0 Å². The average Bonchev–Trinajstić information content (AvgIpc) is 2.65. The van der Waals surface area contributed by atoms with Gasteiger partial charge in [0.05, 0.1) is 10.6 Å². The van der Waals surface area contributed by atoms with Gasteiger partial charge in [0.15, 0.2) is 4.87 Å². The summed E-state index contributed by atoms with van der Waals surface area (Å²) in [7, 11) is 0. The maximum atomic E-state index is 13.0. The lowest BCUT2D eigenvalue weighted by atomic mass is 10.0. The first kappa shape index (κ1) is 18.1. The number of anilines is 1. The Morgan fingerprint density at radius 1 is 0.792 bits per heavy atom. The Kier molecular flexibility index (Phi) is 6.10. The van der Waals surface area contributed by atoms with Crippen LogP contribution in [0.1, 0.15) is 49.9 Å². The van der Waals surface area contributed by atoms with Crippen LogP contribution in [0.25, 0.3) is 0 Å². The molecule has 0 atom stereocenters. The molecule has 128 valence electrons. The van der Waals surface area contributed by atoms with Crippen LogP contribution in [0.2, 0.25) is 0 Å². The summed E-state index contributed by atoms with van der Waals surface area (Å²) < 4.78 is 0. The Bertz CT molecular complexity index is 681. The normalized spacial score (nSPS) is 10.7. The highest BCUT2D eigenvalue weighted by Crippen LogP contribution is 2.32. The van der Waals surface area contributed by atoms with E-state index in [4.69, 9.17) is 0 Å². The van der Waals surface area contributed by atoms with Gasteiger partial charge in [0.1, 0.15) is 0 Å². The number of hydrogen-bond acceptors (Lipinski definition) is 2. The van der Waals surface area contributed by atoms with Crippen LogP contribution in [0, 0.1) is 10.1 Å². The van der Waals surface area contributed by atoms with Gasteiger partial charge in [-0.2, -0.15) is 5.17 Å². The zero-order valence-electron chi connectivity index (χ0n) is 15.0. The molecule has 0 bridgehead atoms. The number of aryl methyl sites for hydroxylation is 4. The third-order valence-electron chi connectivity index (χ3n) is 4.48. The minimum Gasteiger partial charge on any atom is -0.699 e. The lowest BCUT2D eigenvalue weighted by Gasteiger charge is -2.24. The molecule has 0 N–H and O–H groups in total. The van der Waals surface area contributed by atoms with E-state index in [0.29, 0.717) is 47.1 Å². The summed E-state index contributed by atoms with van der Waals surface area (Å²) in [5.74, 6) is 0. The van der Waals surface area contributed by atoms with Crippen molar-refractivity contribution in [2.24, 2.45) is 0 Å². The molecule has 0 aromatic heterocycles. The van der Waals surface area contributed by atoms with Crippen molar-refractivity contribution in [2.45, 2.75) is 53.4 Å². The quantitative estimate of drug-likeness (QED) is 0.514. The van der Waals surface area contributed by atoms with Crippen LogP contribution in [0.5, 0.6) is 0 Å². The summed E-state index contributed by atoms with van der Waals surface area (Å²) in [6, 6.07) is 11.6. The highest BCUT2D eigenvalue weighted by Gasteiger charge is 2.27. The summed E-state index contributed by atoms with van der Waals surface area (Å²) in [4.78, 5) is 13.5. The molecule has 4 nitrogen and oxygen atoms in total. The maximum Gasteiger partial charge on any atom is 0.297 e. The molecule has 0 aliphatic carbocycles. The molecule has 0 heterocycles. The zero-order valence-corrected chi connectivity index (χ0v) is 15.0. The van der Waals surface area contributed by atoms with Crippen LogP contribution in [0.3, 0.4) is 0 Å². The van der Waals surface area contributed by atoms with Crippen LogP contribution < -0.4 is 5.17 Å². The maximum absolute atomic E-state index is 13.0. The Hall–Kier alpha value is -2.20. The molecule has 2 aromatic rings. The third kappa shape index (κ3) is 3.34. The van der Waals surface area contributed by atoms with E-state index in [-0.39, 0.29) is 0 Å². The fourth-order valence-electron chi connectivity index (χ4n) is 3.10. The van der Waals surface area contributed by atoms with Gasteiger partial charge in [0.2, 0.25) is 0 Å². The van der Waals surface area contributed by atoms with E-state index >= 15 is 0 Å². The fourth-order valence-corrected chi connectivity index (χ4v) is 3.10. The SMILES string of the molecule is CCc1cccc(CC)c1N([O-])[N+](=O)c1c(CC)cccc1CC. The van der Waals surface area contributed by atoms with Gasteiger partial charge in [-0.05, 0) is 36.8 Å². The third-order valence-corrected chi connectivity index (χ3v) is 4.48. The molecule has 24 heavy (non-hydrogen) atoms. The molecule has 0 radical (unpaired) electrons. The Morgan fingerprint density at radius 3 is 1.54 bits per heavy atom. The van der Waals surface area contributed by atoms with Gasteiger partial charge in [-0.15, -0.1) is 0 Å². The number of para-hydroxylation sites is 2. The second-order valence-corrected chi connectivity index (χ2v) is 5.81. The zero-order chi connectivity index (χ0) is 17.7. The van der Waals surface area contributed by atoms with Crippen LogP contribution in [-0.2, 0) is 25.7 Å². The van der Waals surface area contributed by atoms with E-state index in [1.807, 2.05) is 64.1 Å². The monoisotopic (exact) mass is 326 g/mol.